The third kappa shape index (κ3) is 2.35. The molecule has 2 heterocycles. The molecule has 98 valence electrons. The van der Waals surface area contributed by atoms with Crippen LogP contribution >= 0.6 is 0 Å². The van der Waals surface area contributed by atoms with E-state index in [0.717, 1.165) is 12.4 Å². The van der Waals surface area contributed by atoms with Crippen molar-refractivity contribution < 1.29 is 0 Å². The van der Waals surface area contributed by atoms with Crippen LogP contribution in [0.25, 0.3) is 5.65 Å². The minimum absolute atomic E-state index is 0.00774. The summed E-state index contributed by atoms with van der Waals surface area (Å²) in [6.45, 7) is 5.57. The smallest absolute Gasteiger partial charge is 0.348 e. The molecular weight excluding hydrogens is 232 g/mol. The summed E-state index contributed by atoms with van der Waals surface area (Å²) in [4.78, 5) is 17.6. The summed E-state index contributed by atoms with van der Waals surface area (Å²) < 4.78 is 1.37. The molecule has 0 unspecified atom stereocenters. The Labute approximate surface area is 105 Å². The summed E-state index contributed by atoms with van der Waals surface area (Å²) in [5.74, 6) is 0.767. The molecule has 7 nitrogen and oxygen atoms in total. The van der Waals surface area contributed by atoms with Gasteiger partial charge in [-0.05, 0) is 12.0 Å². The number of hydrogen-bond donors (Lipinski definition) is 2. The Morgan fingerprint density at radius 3 is 2.94 bits per heavy atom. The Morgan fingerprint density at radius 1 is 1.56 bits per heavy atom. The molecule has 0 fully saturated rings. The maximum absolute atomic E-state index is 11.3. The monoisotopic (exact) mass is 250 g/mol. The van der Waals surface area contributed by atoms with Gasteiger partial charge in [0.05, 0.1) is 0 Å². The van der Waals surface area contributed by atoms with Crippen LogP contribution in [0, 0.1) is 5.41 Å². The summed E-state index contributed by atoms with van der Waals surface area (Å²) in [7, 11) is 1.95. The molecule has 0 spiro atoms. The highest BCUT2D eigenvalue weighted by Crippen LogP contribution is 2.18. The number of aromatic nitrogens is 4. The number of anilines is 1. The Kier molecular flexibility index (Phi) is 3.08. The molecule has 2 aromatic heterocycles. The second-order valence-electron chi connectivity index (χ2n) is 5.23. The van der Waals surface area contributed by atoms with Crippen molar-refractivity contribution in [2.45, 2.75) is 13.8 Å². The number of hydrogen-bond acceptors (Lipinski definition) is 5. The van der Waals surface area contributed by atoms with Gasteiger partial charge < -0.3 is 10.6 Å². The highest BCUT2D eigenvalue weighted by atomic mass is 16.1. The molecule has 0 aromatic carbocycles. The van der Waals surface area contributed by atoms with E-state index >= 15 is 0 Å². The normalized spacial score (nSPS) is 12.0. The zero-order valence-corrected chi connectivity index (χ0v) is 10.8. The molecule has 7 heteroatoms. The quantitative estimate of drug-likeness (QED) is 0.786. The lowest BCUT2D eigenvalue weighted by Gasteiger charge is -2.29. The van der Waals surface area contributed by atoms with Gasteiger partial charge in [0.2, 0.25) is 0 Å². The van der Waals surface area contributed by atoms with Gasteiger partial charge in [-0.15, -0.1) is 0 Å². The summed E-state index contributed by atoms with van der Waals surface area (Å²) in [6.07, 6.45) is 1.47. The SMILES string of the molecule is CN(CC(C)(C)CN)c1cc2n[nH]c(=O)n2cn1. The molecule has 3 N–H and O–H groups in total. The Balaban J connectivity index is 2.28. The van der Waals surface area contributed by atoms with Gasteiger partial charge in [0, 0.05) is 19.7 Å². The first-order valence-electron chi connectivity index (χ1n) is 5.77. The molecule has 0 atom stereocenters. The van der Waals surface area contributed by atoms with E-state index in [-0.39, 0.29) is 11.1 Å². The highest BCUT2D eigenvalue weighted by molar-refractivity contribution is 5.49. The van der Waals surface area contributed by atoms with Crippen LogP contribution in [0.3, 0.4) is 0 Å². The van der Waals surface area contributed by atoms with Crippen LogP contribution in [0.2, 0.25) is 0 Å². The van der Waals surface area contributed by atoms with Crippen LogP contribution in [0.5, 0.6) is 0 Å². The van der Waals surface area contributed by atoms with Crippen molar-refractivity contribution in [1.29, 1.82) is 0 Å². The van der Waals surface area contributed by atoms with Crippen molar-refractivity contribution in [2.75, 3.05) is 25.0 Å². The summed E-state index contributed by atoms with van der Waals surface area (Å²) in [5.41, 5.74) is 6.00. The van der Waals surface area contributed by atoms with E-state index in [1.165, 1.54) is 10.7 Å². The number of nitrogens with one attached hydrogen (secondary N) is 1. The predicted octanol–water partition coefficient (Wildman–Crippen LogP) is -0.161. The Morgan fingerprint density at radius 2 is 2.28 bits per heavy atom. The van der Waals surface area contributed by atoms with Gasteiger partial charge in [0.1, 0.15) is 12.1 Å². The fourth-order valence-corrected chi connectivity index (χ4v) is 1.80. The number of fused-ring (bicyclic) bond motifs is 1. The summed E-state index contributed by atoms with van der Waals surface area (Å²) in [6, 6.07) is 1.77. The van der Waals surface area contributed by atoms with Crippen LogP contribution in [-0.2, 0) is 0 Å². The minimum Gasteiger partial charge on any atom is -0.359 e. The number of aromatic amines is 1. The molecule has 0 radical (unpaired) electrons. The summed E-state index contributed by atoms with van der Waals surface area (Å²) >= 11 is 0. The number of H-pyrrole nitrogens is 1. The first-order valence-corrected chi connectivity index (χ1v) is 5.77. The molecule has 18 heavy (non-hydrogen) atoms. The lowest BCUT2D eigenvalue weighted by Crippen LogP contribution is -2.37. The van der Waals surface area contributed by atoms with Crippen molar-refractivity contribution in [3.8, 4) is 0 Å². The molecule has 2 rings (SSSR count). The molecule has 0 bridgehead atoms. The first-order chi connectivity index (χ1) is 8.43. The maximum atomic E-state index is 11.3. The van der Waals surface area contributed by atoms with Gasteiger partial charge in [0.15, 0.2) is 5.65 Å². The molecule has 0 aliphatic carbocycles. The predicted molar refractivity (Wildman–Crippen MR) is 69.7 cm³/mol. The molecule has 0 amide bonds. The van der Waals surface area contributed by atoms with Crippen molar-refractivity contribution >= 4 is 11.5 Å². The minimum atomic E-state index is -0.283. The van der Waals surface area contributed by atoms with Gasteiger partial charge in [-0.1, -0.05) is 13.8 Å². The lowest BCUT2D eigenvalue weighted by atomic mass is 9.93. The van der Waals surface area contributed by atoms with E-state index < -0.39 is 0 Å². The van der Waals surface area contributed by atoms with E-state index in [4.69, 9.17) is 5.73 Å². The van der Waals surface area contributed by atoms with E-state index in [9.17, 15) is 4.79 Å². The van der Waals surface area contributed by atoms with Crippen molar-refractivity contribution in [3.63, 3.8) is 0 Å². The summed E-state index contributed by atoms with van der Waals surface area (Å²) in [5, 5.41) is 6.29. The van der Waals surface area contributed by atoms with Crippen molar-refractivity contribution in [2.24, 2.45) is 11.1 Å². The van der Waals surface area contributed by atoms with E-state index in [1.54, 1.807) is 6.07 Å². The second-order valence-corrected chi connectivity index (χ2v) is 5.23. The number of rotatable bonds is 4. The van der Waals surface area contributed by atoms with Crippen LogP contribution in [0.15, 0.2) is 17.2 Å². The fourth-order valence-electron chi connectivity index (χ4n) is 1.80. The average Bonchev–Trinajstić information content (AvgIpc) is 2.70. The molecule has 0 aliphatic heterocycles. The molecule has 2 aromatic rings. The lowest BCUT2D eigenvalue weighted by molar-refractivity contribution is 0.384. The van der Waals surface area contributed by atoms with Gasteiger partial charge in [-0.25, -0.2) is 19.3 Å². The van der Waals surface area contributed by atoms with Crippen LogP contribution in [0.1, 0.15) is 13.8 Å². The van der Waals surface area contributed by atoms with Crippen LogP contribution < -0.4 is 16.3 Å². The molecule has 0 saturated heterocycles. The Bertz CT molecular complexity index is 599. The van der Waals surface area contributed by atoms with Gasteiger partial charge >= 0.3 is 5.69 Å². The zero-order chi connectivity index (χ0) is 13.3. The second kappa shape index (κ2) is 4.41. The fraction of sp³-hybridized carbons (Fsp3) is 0.545. The standard InChI is InChI=1S/C11H18N6O/c1-11(2,5-12)6-16(3)8-4-9-14-15-10(18)17(9)7-13-8/h4,7H,5-6,12H2,1-3H3,(H,15,18). The first kappa shape index (κ1) is 12.6. The molecule has 0 saturated carbocycles. The van der Waals surface area contributed by atoms with Crippen molar-refractivity contribution in [1.82, 2.24) is 19.6 Å². The number of nitrogens with zero attached hydrogens (tertiary/aromatic N) is 4. The molecule has 0 aliphatic rings. The van der Waals surface area contributed by atoms with Crippen LogP contribution in [-0.4, -0.2) is 39.7 Å². The van der Waals surface area contributed by atoms with E-state index in [0.29, 0.717) is 12.2 Å². The maximum Gasteiger partial charge on any atom is 0.348 e. The third-order valence-electron chi connectivity index (χ3n) is 2.90. The topological polar surface area (TPSA) is 92.3 Å². The largest absolute Gasteiger partial charge is 0.359 e. The van der Waals surface area contributed by atoms with Crippen molar-refractivity contribution in [3.05, 3.63) is 22.9 Å². The highest BCUT2D eigenvalue weighted by Gasteiger charge is 2.19. The van der Waals surface area contributed by atoms with Crippen LogP contribution in [0.4, 0.5) is 5.82 Å². The third-order valence-corrected chi connectivity index (χ3v) is 2.90. The van der Waals surface area contributed by atoms with E-state index in [2.05, 4.69) is 29.0 Å². The van der Waals surface area contributed by atoms with Gasteiger partial charge in [0.25, 0.3) is 0 Å². The number of nitrogens with two attached hydrogens (primary N) is 1. The van der Waals surface area contributed by atoms with E-state index in [1.807, 2.05) is 11.9 Å². The zero-order valence-electron chi connectivity index (χ0n) is 10.8. The average molecular weight is 250 g/mol. The molecular formula is C11H18N6O. The van der Waals surface area contributed by atoms with Gasteiger partial charge in [-0.3, -0.25) is 0 Å². The Hall–Kier alpha value is -1.89. The van der Waals surface area contributed by atoms with Gasteiger partial charge in [-0.2, -0.15) is 5.10 Å².